The second-order valence-electron chi connectivity index (χ2n) is 2.44. The Balaban J connectivity index is 2.98. The number of nitrogens with zero attached hydrogens (tertiary/aromatic N) is 2. The lowest BCUT2D eigenvalue weighted by molar-refractivity contribution is 0.534. The van der Waals surface area contributed by atoms with Gasteiger partial charge in [0.1, 0.15) is 5.02 Å². The normalized spacial score (nSPS) is 10.8. The first kappa shape index (κ1) is 7.41. The minimum atomic E-state index is 0.315. The molecule has 0 fully saturated rings. The van der Waals surface area contributed by atoms with Crippen LogP contribution in [-0.2, 0) is 0 Å². The topological polar surface area (TPSA) is 43.8 Å². The molecule has 0 aliphatic rings. The summed E-state index contributed by atoms with van der Waals surface area (Å²) in [6.45, 7) is 4.03. The maximum atomic E-state index is 5.67. The highest BCUT2D eigenvalue weighted by Gasteiger charge is 2.03. The molecular weight excluding hydrogens is 150 g/mol. The van der Waals surface area contributed by atoms with Crippen molar-refractivity contribution in [1.29, 1.82) is 0 Å². The molecule has 4 heteroatoms. The monoisotopic (exact) mass is 159 g/mol. The zero-order valence-corrected chi connectivity index (χ0v) is 6.76. The van der Waals surface area contributed by atoms with Gasteiger partial charge in [-0.05, 0) is 13.8 Å². The van der Waals surface area contributed by atoms with Gasteiger partial charge in [-0.25, -0.2) is 0 Å². The van der Waals surface area contributed by atoms with Crippen molar-refractivity contribution in [3.63, 3.8) is 0 Å². The van der Waals surface area contributed by atoms with E-state index in [1.54, 1.807) is 10.9 Å². The first-order valence-corrected chi connectivity index (χ1v) is 3.49. The van der Waals surface area contributed by atoms with Crippen molar-refractivity contribution in [3.05, 3.63) is 11.2 Å². The average Bonchev–Trinajstić information content (AvgIpc) is 2.13. The molecule has 1 aromatic heterocycles. The van der Waals surface area contributed by atoms with Gasteiger partial charge in [0.2, 0.25) is 0 Å². The van der Waals surface area contributed by atoms with Crippen molar-refractivity contribution in [3.8, 4) is 0 Å². The van der Waals surface area contributed by atoms with E-state index in [0.717, 1.165) is 0 Å². The van der Waals surface area contributed by atoms with E-state index in [2.05, 4.69) is 5.10 Å². The Morgan fingerprint density at radius 2 is 2.30 bits per heavy atom. The third-order valence-corrected chi connectivity index (χ3v) is 1.53. The van der Waals surface area contributed by atoms with Crippen LogP contribution in [0.1, 0.15) is 19.9 Å². The molecule has 2 N–H and O–H groups in total. The molecule has 1 heterocycles. The summed E-state index contributed by atoms with van der Waals surface area (Å²) in [7, 11) is 0. The maximum Gasteiger partial charge on any atom is 0.164 e. The Labute approximate surface area is 64.8 Å². The summed E-state index contributed by atoms with van der Waals surface area (Å²) in [6, 6.07) is 0.315. The van der Waals surface area contributed by atoms with Crippen LogP contribution >= 0.6 is 11.6 Å². The molecule has 0 radical (unpaired) electrons. The standard InChI is InChI=1S/C6H10ClN3/c1-4(2)10-3-5(7)6(8)9-10/h3-4H,1-2H3,(H2,8,9). The highest BCUT2D eigenvalue weighted by Crippen LogP contribution is 2.17. The van der Waals surface area contributed by atoms with Crippen LogP contribution in [0, 0.1) is 0 Å². The molecule has 0 amide bonds. The van der Waals surface area contributed by atoms with Gasteiger partial charge in [0.25, 0.3) is 0 Å². The van der Waals surface area contributed by atoms with E-state index in [1.807, 2.05) is 13.8 Å². The molecule has 3 nitrogen and oxygen atoms in total. The van der Waals surface area contributed by atoms with Crippen LogP contribution in [0.5, 0.6) is 0 Å². The lowest BCUT2D eigenvalue weighted by Crippen LogP contribution is -2.01. The quantitative estimate of drug-likeness (QED) is 0.678. The number of anilines is 1. The Bertz CT molecular complexity index is 209. The number of rotatable bonds is 1. The minimum absolute atomic E-state index is 0.315. The highest BCUT2D eigenvalue weighted by molar-refractivity contribution is 6.32. The first-order chi connectivity index (χ1) is 4.61. The van der Waals surface area contributed by atoms with Crippen molar-refractivity contribution >= 4 is 17.4 Å². The average molecular weight is 160 g/mol. The lowest BCUT2D eigenvalue weighted by atomic mass is 10.4. The maximum absolute atomic E-state index is 5.67. The molecule has 0 saturated heterocycles. The predicted octanol–water partition coefficient (Wildman–Crippen LogP) is 1.70. The Morgan fingerprint density at radius 3 is 2.50 bits per heavy atom. The Morgan fingerprint density at radius 1 is 1.70 bits per heavy atom. The zero-order valence-electron chi connectivity index (χ0n) is 6.00. The third-order valence-electron chi connectivity index (χ3n) is 1.24. The van der Waals surface area contributed by atoms with E-state index in [0.29, 0.717) is 16.9 Å². The van der Waals surface area contributed by atoms with Gasteiger partial charge in [0.05, 0.1) is 0 Å². The first-order valence-electron chi connectivity index (χ1n) is 3.11. The summed E-state index contributed by atoms with van der Waals surface area (Å²) in [5.74, 6) is 0.398. The van der Waals surface area contributed by atoms with E-state index < -0.39 is 0 Å². The molecule has 10 heavy (non-hydrogen) atoms. The number of nitrogens with two attached hydrogens (primary N) is 1. The van der Waals surface area contributed by atoms with Crippen molar-refractivity contribution in [2.75, 3.05) is 5.73 Å². The van der Waals surface area contributed by atoms with Crippen LogP contribution in [-0.4, -0.2) is 9.78 Å². The van der Waals surface area contributed by atoms with Crippen LogP contribution < -0.4 is 5.73 Å². The fourth-order valence-electron chi connectivity index (χ4n) is 0.648. The van der Waals surface area contributed by atoms with Gasteiger partial charge in [-0.2, -0.15) is 5.10 Å². The third kappa shape index (κ3) is 1.24. The SMILES string of the molecule is CC(C)n1cc(Cl)c(N)n1. The van der Waals surface area contributed by atoms with Crippen molar-refractivity contribution in [2.24, 2.45) is 0 Å². The van der Waals surface area contributed by atoms with E-state index in [-0.39, 0.29) is 0 Å². The van der Waals surface area contributed by atoms with Gasteiger partial charge < -0.3 is 5.73 Å². The number of hydrogen-bond donors (Lipinski definition) is 1. The van der Waals surface area contributed by atoms with E-state index in [1.165, 1.54) is 0 Å². The van der Waals surface area contributed by atoms with E-state index in [4.69, 9.17) is 17.3 Å². The van der Waals surface area contributed by atoms with Gasteiger partial charge in [-0.3, -0.25) is 4.68 Å². The summed E-state index contributed by atoms with van der Waals surface area (Å²) in [6.07, 6.45) is 1.72. The lowest BCUT2D eigenvalue weighted by Gasteiger charge is -2.02. The molecule has 56 valence electrons. The van der Waals surface area contributed by atoms with Crippen LogP contribution in [0.3, 0.4) is 0 Å². The number of nitrogen functional groups attached to an aromatic ring is 1. The second-order valence-corrected chi connectivity index (χ2v) is 2.84. The minimum Gasteiger partial charge on any atom is -0.381 e. The zero-order chi connectivity index (χ0) is 7.72. The fourth-order valence-corrected chi connectivity index (χ4v) is 0.786. The molecule has 0 saturated carbocycles. The summed E-state index contributed by atoms with van der Waals surface area (Å²) in [5.41, 5.74) is 5.41. The molecule has 0 bridgehead atoms. The van der Waals surface area contributed by atoms with Crippen molar-refractivity contribution < 1.29 is 0 Å². The van der Waals surface area contributed by atoms with Gasteiger partial charge in [-0.1, -0.05) is 11.6 Å². The molecule has 0 unspecified atom stereocenters. The van der Waals surface area contributed by atoms with Gasteiger partial charge in [0.15, 0.2) is 5.82 Å². The second kappa shape index (κ2) is 2.50. The molecular formula is C6H10ClN3. The number of aromatic nitrogens is 2. The number of halogens is 1. The van der Waals surface area contributed by atoms with Gasteiger partial charge in [0, 0.05) is 12.2 Å². The molecule has 1 aromatic rings. The van der Waals surface area contributed by atoms with Crippen molar-refractivity contribution in [2.45, 2.75) is 19.9 Å². The Hall–Kier alpha value is -0.700. The molecule has 0 aromatic carbocycles. The van der Waals surface area contributed by atoms with E-state index in [9.17, 15) is 0 Å². The molecule has 0 aliphatic heterocycles. The highest BCUT2D eigenvalue weighted by atomic mass is 35.5. The molecule has 1 rings (SSSR count). The fraction of sp³-hybridized carbons (Fsp3) is 0.500. The number of hydrogen-bond acceptors (Lipinski definition) is 2. The summed E-state index contributed by atoms with van der Waals surface area (Å²) in [5, 5.41) is 4.49. The summed E-state index contributed by atoms with van der Waals surface area (Å²) in [4.78, 5) is 0. The van der Waals surface area contributed by atoms with Crippen LogP contribution in [0.25, 0.3) is 0 Å². The van der Waals surface area contributed by atoms with Gasteiger partial charge in [-0.15, -0.1) is 0 Å². The molecule has 0 spiro atoms. The van der Waals surface area contributed by atoms with Crippen molar-refractivity contribution in [1.82, 2.24) is 9.78 Å². The molecule has 0 atom stereocenters. The van der Waals surface area contributed by atoms with E-state index >= 15 is 0 Å². The van der Waals surface area contributed by atoms with Crippen LogP contribution in [0.2, 0.25) is 5.02 Å². The summed E-state index contributed by atoms with van der Waals surface area (Å²) >= 11 is 5.67. The smallest absolute Gasteiger partial charge is 0.164 e. The van der Waals surface area contributed by atoms with Crippen LogP contribution in [0.4, 0.5) is 5.82 Å². The predicted molar refractivity (Wildman–Crippen MR) is 42.0 cm³/mol. The molecule has 0 aliphatic carbocycles. The van der Waals surface area contributed by atoms with Gasteiger partial charge >= 0.3 is 0 Å². The largest absolute Gasteiger partial charge is 0.381 e. The Kier molecular flexibility index (Phi) is 1.85. The van der Waals surface area contributed by atoms with Crippen LogP contribution in [0.15, 0.2) is 6.20 Å². The summed E-state index contributed by atoms with van der Waals surface area (Å²) < 4.78 is 1.73.